The van der Waals surface area contributed by atoms with Crippen LogP contribution in [0.25, 0.3) is 0 Å². The van der Waals surface area contributed by atoms with Crippen LogP contribution in [0.2, 0.25) is 10.0 Å². The first-order chi connectivity index (χ1) is 8.68. The number of nitrogens with one attached hydrogen (secondary N) is 1. The van der Waals surface area contributed by atoms with Crippen molar-refractivity contribution < 1.29 is 17.6 Å². The summed E-state index contributed by atoms with van der Waals surface area (Å²) in [5.74, 6) is -0.702. The van der Waals surface area contributed by atoms with Crippen LogP contribution in [-0.4, -0.2) is 11.7 Å². The van der Waals surface area contributed by atoms with Crippen molar-refractivity contribution in [3.05, 3.63) is 33.6 Å². The lowest BCUT2D eigenvalue weighted by Gasteiger charge is -2.26. The summed E-state index contributed by atoms with van der Waals surface area (Å²) in [6.45, 7) is 1.48. The van der Waals surface area contributed by atoms with E-state index >= 15 is 0 Å². The molecular formula is C12H11Cl2F4N. The summed E-state index contributed by atoms with van der Waals surface area (Å²) in [5.41, 5.74) is -1.75. The number of halogens is 6. The average molecular weight is 316 g/mol. The Balaban J connectivity index is 2.27. The van der Waals surface area contributed by atoms with E-state index in [-0.39, 0.29) is 28.5 Å². The molecule has 1 unspecified atom stereocenters. The number of rotatable bonds is 3. The Kier molecular flexibility index (Phi) is 3.75. The van der Waals surface area contributed by atoms with Crippen LogP contribution in [-0.2, 0) is 0 Å². The van der Waals surface area contributed by atoms with Crippen LogP contribution in [0.1, 0.15) is 31.4 Å². The molecule has 7 heteroatoms. The number of alkyl halides is 3. The topological polar surface area (TPSA) is 12.0 Å². The Bertz CT molecular complexity index is 497. The molecule has 1 aliphatic rings. The molecule has 0 bridgehead atoms. The van der Waals surface area contributed by atoms with Crippen molar-refractivity contribution in [3.8, 4) is 0 Å². The molecule has 2 rings (SSSR count). The van der Waals surface area contributed by atoms with E-state index in [2.05, 4.69) is 5.32 Å². The molecule has 0 aromatic heterocycles. The third-order valence-corrected chi connectivity index (χ3v) is 4.01. The fraction of sp³-hybridized carbons (Fsp3) is 0.500. The van der Waals surface area contributed by atoms with Crippen molar-refractivity contribution in [1.82, 2.24) is 5.32 Å². The molecule has 0 amide bonds. The number of benzene rings is 1. The predicted octanol–water partition coefficient (Wildman–Crippen LogP) is 4.88. The van der Waals surface area contributed by atoms with Crippen LogP contribution in [0.4, 0.5) is 17.6 Å². The van der Waals surface area contributed by atoms with Gasteiger partial charge in [0.25, 0.3) is 0 Å². The summed E-state index contributed by atoms with van der Waals surface area (Å²) in [5, 5.41) is 2.37. The normalized spacial score (nSPS) is 19.3. The molecule has 0 aliphatic heterocycles. The standard InChI is InChI=1S/C12H11Cl2F4N/c1-6(19-11(4-5-11)12(16,17)18)9-7(13)2-3-8(15)10(9)14/h2-3,6,19H,4-5H2,1H3. The number of hydrogen-bond acceptors (Lipinski definition) is 1. The highest BCUT2D eigenvalue weighted by atomic mass is 35.5. The molecule has 0 radical (unpaired) electrons. The van der Waals surface area contributed by atoms with Crippen molar-refractivity contribution in [2.75, 3.05) is 0 Å². The molecule has 1 aromatic rings. The van der Waals surface area contributed by atoms with Gasteiger partial charge in [-0.25, -0.2) is 4.39 Å². The van der Waals surface area contributed by atoms with Crippen molar-refractivity contribution in [1.29, 1.82) is 0 Å². The van der Waals surface area contributed by atoms with Gasteiger partial charge in [-0.2, -0.15) is 13.2 Å². The summed E-state index contributed by atoms with van der Waals surface area (Å²) in [6.07, 6.45) is -4.33. The van der Waals surface area contributed by atoms with E-state index in [4.69, 9.17) is 23.2 Å². The fourth-order valence-electron chi connectivity index (χ4n) is 2.06. The lowest BCUT2D eigenvalue weighted by Crippen LogP contribution is -2.46. The summed E-state index contributed by atoms with van der Waals surface area (Å²) in [6, 6.07) is 1.57. The first-order valence-electron chi connectivity index (χ1n) is 5.66. The van der Waals surface area contributed by atoms with Crippen LogP contribution < -0.4 is 5.32 Å². The van der Waals surface area contributed by atoms with E-state index in [1.807, 2.05) is 0 Å². The van der Waals surface area contributed by atoms with E-state index < -0.39 is 23.6 Å². The second kappa shape index (κ2) is 4.79. The van der Waals surface area contributed by atoms with Crippen LogP contribution in [0.3, 0.4) is 0 Å². The quantitative estimate of drug-likeness (QED) is 0.619. The van der Waals surface area contributed by atoms with Gasteiger partial charge >= 0.3 is 6.18 Å². The summed E-state index contributed by atoms with van der Waals surface area (Å²) in [7, 11) is 0. The third-order valence-electron chi connectivity index (χ3n) is 3.30. The van der Waals surface area contributed by atoms with E-state index in [9.17, 15) is 17.6 Å². The maximum Gasteiger partial charge on any atom is 0.406 e. The Morgan fingerprint density at radius 2 is 1.84 bits per heavy atom. The van der Waals surface area contributed by atoms with E-state index in [0.717, 1.165) is 6.07 Å². The highest BCUT2D eigenvalue weighted by molar-refractivity contribution is 6.36. The fourth-order valence-corrected chi connectivity index (χ4v) is 2.76. The molecule has 106 valence electrons. The van der Waals surface area contributed by atoms with Crippen LogP contribution in [0, 0.1) is 5.82 Å². The van der Waals surface area contributed by atoms with E-state index in [1.165, 1.54) is 13.0 Å². The van der Waals surface area contributed by atoms with Gasteiger partial charge in [0.05, 0.1) is 5.02 Å². The first kappa shape index (κ1) is 14.9. The van der Waals surface area contributed by atoms with Gasteiger partial charge in [-0.1, -0.05) is 23.2 Å². The van der Waals surface area contributed by atoms with Gasteiger partial charge in [-0.05, 0) is 31.9 Å². The largest absolute Gasteiger partial charge is 0.406 e. The molecule has 0 spiro atoms. The minimum atomic E-state index is -4.34. The average Bonchev–Trinajstić information content (AvgIpc) is 3.04. The van der Waals surface area contributed by atoms with Crippen molar-refractivity contribution in [2.24, 2.45) is 0 Å². The van der Waals surface area contributed by atoms with Crippen LogP contribution in [0.5, 0.6) is 0 Å². The SMILES string of the molecule is CC(NC1(C(F)(F)F)CC1)c1c(Cl)ccc(F)c1Cl. The molecule has 1 N–H and O–H groups in total. The summed E-state index contributed by atoms with van der Waals surface area (Å²) < 4.78 is 51.9. The monoisotopic (exact) mass is 315 g/mol. The molecule has 1 nitrogen and oxygen atoms in total. The molecule has 1 aromatic carbocycles. The predicted molar refractivity (Wildman–Crippen MR) is 66.0 cm³/mol. The second-order valence-electron chi connectivity index (χ2n) is 4.70. The minimum Gasteiger partial charge on any atom is -0.297 e. The third kappa shape index (κ3) is 2.69. The van der Waals surface area contributed by atoms with E-state index in [1.54, 1.807) is 0 Å². The van der Waals surface area contributed by atoms with Crippen molar-refractivity contribution in [3.63, 3.8) is 0 Å². The minimum absolute atomic E-state index is 0.00535. The van der Waals surface area contributed by atoms with Gasteiger partial charge in [-0.15, -0.1) is 0 Å². The molecule has 0 heterocycles. The highest BCUT2D eigenvalue weighted by Crippen LogP contribution is 2.50. The van der Waals surface area contributed by atoms with E-state index in [0.29, 0.717) is 0 Å². The van der Waals surface area contributed by atoms with Crippen LogP contribution >= 0.6 is 23.2 Å². The molecule has 1 atom stereocenters. The zero-order chi connectivity index (χ0) is 14.4. The number of hydrogen-bond donors (Lipinski definition) is 1. The van der Waals surface area contributed by atoms with Gasteiger partial charge < -0.3 is 0 Å². The van der Waals surface area contributed by atoms with Gasteiger partial charge in [-0.3, -0.25) is 5.32 Å². The molecule has 19 heavy (non-hydrogen) atoms. The van der Waals surface area contributed by atoms with Gasteiger partial charge in [0, 0.05) is 16.6 Å². The Morgan fingerprint density at radius 1 is 1.26 bits per heavy atom. The Labute approximate surface area is 117 Å². The molecule has 1 fully saturated rings. The summed E-state index contributed by atoms with van der Waals surface area (Å²) in [4.78, 5) is 0. The zero-order valence-corrected chi connectivity index (χ0v) is 11.4. The first-order valence-corrected chi connectivity index (χ1v) is 6.41. The highest BCUT2D eigenvalue weighted by Gasteiger charge is 2.63. The summed E-state index contributed by atoms with van der Waals surface area (Å²) >= 11 is 11.7. The lowest BCUT2D eigenvalue weighted by atomic mass is 10.1. The van der Waals surface area contributed by atoms with Crippen LogP contribution in [0.15, 0.2) is 12.1 Å². The smallest absolute Gasteiger partial charge is 0.297 e. The maximum absolute atomic E-state index is 13.4. The Hall–Kier alpha value is -0.520. The van der Waals surface area contributed by atoms with Crippen molar-refractivity contribution >= 4 is 23.2 Å². The lowest BCUT2D eigenvalue weighted by molar-refractivity contribution is -0.167. The maximum atomic E-state index is 13.4. The van der Waals surface area contributed by atoms with Gasteiger partial charge in [0.1, 0.15) is 11.4 Å². The van der Waals surface area contributed by atoms with Gasteiger partial charge in [0.15, 0.2) is 0 Å². The molecular weight excluding hydrogens is 305 g/mol. The zero-order valence-electron chi connectivity index (χ0n) is 9.91. The van der Waals surface area contributed by atoms with Gasteiger partial charge in [0.2, 0.25) is 0 Å². The molecule has 1 saturated carbocycles. The molecule has 0 saturated heterocycles. The second-order valence-corrected chi connectivity index (χ2v) is 5.49. The van der Waals surface area contributed by atoms with Crippen molar-refractivity contribution in [2.45, 2.75) is 37.5 Å². The molecule has 1 aliphatic carbocycles. The Morgan fingerprint density at radius 3 is 2.32 bits per heavy atom.